The number of anilines is 3. The van der Waals surface area contributed by atoms with E-state index in [-0.39, 0.29) is 17.6 Å². The molecule has 9 nitrogen and oxygen atoms in total. The summed E-state index contributed by atoms with van der Waals surface area (Å²) in [5.41, 5.74) is 8.74. The molecule has 2 aromatic heterocycles. The topological polar surface area (TPSA) is 124 Å². The number of rotatable bonds is 7. The fourth-order valence-electron chi connectivity index (χ4n) is 3.33. The molecular formula is C24H23F3N8O. The van der Waals surface area contributed by atoms with E-state index in [2.05, 4.69) is 25.4 Å². The van der Waals surface area contributed by atoms with Gasteiger partial charge in [0, 0.05) is 28.6 Å². The molecule has 0 spiro atoms. The average molecular weight is 496 g/mol. The van der Waals surface area contributed by atoms with E-state index in [4.69, 9.17) is 5.73 Å². The van der Waals surface area contributed by atoms with E-state index in [9.17, 15) is 18.0 Å². The molecule has 0 aliphatic carbocycles. The van der Waals surface area contributed by atoms with Crippen molar-refractivity contribution in [2.45, 2.75) is 26.1 Å². The van der Waals surface area contributed by atoms with Crippen LogP contribution in [0.2, 0.25) is 0 Å². The molecule has 0 aliphatic heterocycles. The highest BCUT2D eigenvalue weighted by Gasteiger charge is 2.28. The van der Waals surface area contributed by atoms with Crippen LogP contribution in [0.25, 0.3) is 22.6 Å². The lowest BCUT2D eigenvalue weighted by molar-refractivity contribution is -0.123. The summed E-state index contributed by atoms with van der Waals surface area (Å²) in [5.74, 6) is 0.296. The number of halogens is 3. The Hall–Kier alpha value is -4.48. The van der Waals surface area contributed by atoms with E-state index in [1.807, 2.05) is 43.4 Å². The molecule has 0 unspecified atom stereocenters. The Morgan fingerprint density at radius 2 is 1.67 bits per heavy atom. The zero-order chi connectivity index (χ0) is 25.9. The number of hydrogen-bond donors (Lipinski definition) is 3. The maximum Gasteiger partial charge on any atom is 0.405 e. The molecule has 1 amide bonds. The van der Waals surface area contributed by atoms with Crippen molar-refractivity contribution in [2.24, 2.45) is 0 Å². The molecule has 0 aliphatic rings. The Labute approximate surface area is 204 Å². The van der Waals surface area contributed by atoms with Gasteiger partial charge in [-0.1, -0.05) is 24.3 Å². The fourth-order valence-corrected chi connectivity index (χ4v) is 3.33. The first-order valence-electron chi connectivity index (χ1n) is 11.0. The molecule has 4 N–H and O–H groups in total. The van der Waals surface area contributed by atoms with E-state index in [0.717, 1.165) is 11.3 Å². The van der Waals surface area contributed by atoms with Crippen molar-refractivity contribution >= 4 is 23.5 Å². The van der Waals surface area contributed by atoms with Crippen LogP contribution in [0.5, 0.6) is 0 Å². The van der Waals surface area contributed by atoms with Crippen LogP contribution in [-0.2, 0) is 0 Å². The Kier molecular flexibility index (Phi) is 6.86. The third kappa shape index (κ3) is 5.95. The van der Waals surface area contributed by atoms with Crippen LogP contribution in [0.3, 0.4) is 0 Å². The molecule has 0 saturated carbocycles. The van der Waals surface area contributed by atoms with Gasteiger partial charge in [0.1, 0.15) is 6.54 Å². The lowest BCUT2D eigenvalue weighted by Gasteiger charge is -2.11. The molecule has 2 heterocycles. The quantitative estimate of drug-likeness (QED) is 0.342. The molecule has 0 atom stereocenters. The number of amides is 1. The molecule has 2 aromatic carbocycles. The van der Waals surface area contributed by atoms with Gasteiger partial charge >= 0.3 is 6.18 Å². The molecule has 4 aromatic rings. The summed E-state index contributed by atoms with van der Waals surface area (Å²) < 4.78 is 38.7. The number of nitrogen functional groups attached to an aromatic ring is 1. The SMILES string of the molecule is CC(C)n1nc(-c2ccc(C(=O)NCC(F)(F)F)cc2)nc1Nc1ccc(-c2ccnc(N)n2)cc1. The van der Waals surface area contributed by atoms with Gasteiger partial charge in [-0.05, 0) is 44.2 Å². The van der Waals surface area contributed by atoms with Crippen LogP contribution < -0.4 is 16.4 Å². The number of alkyl halides is 3. The number of benzene rings is 2. The van der Waals surface area contributed by atoms with Gasteiger partial charge in [0.15, 0.2) is 5.82 Å². The highest BCUT2D eigenvalue weighted by atomic mass is 19.4. The number of carbonyl (C=O) groups excluding carboxylic acids is 1. The third-order valence-corrected chi connectivity index (χ3v) is 5.09. The summed E-state index contributed by atoms with van der Waals surface area (Å²) in [7, 11) is 0. The second-order valence-corrected chi connectivity index (χ2v) is 8.17. The van der Waals surface area contributed by atoms with Crippen LogP contribution in [-0.4, -0.2) is 43.4 Å². The summed E-state index contributed by atoms with van der Waals surface area (Å²) in [5, 5.41) is 9.66. The number of nitrogens with zero attached hydrogens (tertiary/aromatic N) is 5. The van der Waals surface area contributed by atoms with Gasteiger partial charge in [-0.25, -0.2) is 14.6 Å². The maximum atomic E-state index is 12.3. The van der Waals surface area contributed by atoms with Crippen LogP contribution in [0.1, 0.15) is 30.2 Å². The summed E-state index contributed by atoms with van der Waals surface area (Å²) in [6.07, 6.45) is -2.88. The first-order chi connectivity index (χ1) is 17.1. The van der Waals surface area contributed by atoms with Gasteiger partial charge in [-0.2, -0.15) is 18.2 Å². The monoisotopic (exact) mass is 496 g/mol. The second kappa shape index (κ2) is 10.0. The van der Waals surface area contributed by atoms with Gasteiger partial charge in [0.2, 0.25) is 11.9 Å². The maximum absolute atomic E-state index is 12.3. The first kappa shape index (κ1) is 24.6. The Balaban J connectivity index is 1.51. The van der Waals surface area contributed by atoms with E-state index >= 15 is 0 Å². The first-order valence-corrected chi connectivity index (χ1v) is 11.0. The van der Waals surface area contributed by atoms with Crippen LogP contribution in [0, 0.1) is 0 Å². The van der Waals surface area contributed by atoms with E-state index in [1.165, 1.54) is 12.1 Å². The van der Waals surface area contributed by atoms with Crippen LogP contribution >= 0.6 is 0 Å². The summed E-state index contributed by atoms with van der Waals surface area (Å²) >= 11 is 0. The van der Waals surface area contributed by atoms with Crippen LogP contribution in [0.15, 0.2) is 60.8 Å². The van der Waals surface area contributed by atoms with Crippen molar-refractivity contribution in [3.63, 3.8) is 0 Å². The Morgan fingerprint density at radius 3 is 2.28 bits per heavy atom. The second-order valence-electron chi connectivity index (χ2n) is 8.17. The summed E-state index contributed by atoms with van der Waals surface area (Å²) in [6.45, 7) is 2.53. The molecule has 12 heteroatoms. The Morgan fingerprint density at radius 1 is 1.00 bits per heavy atom. The number of aromatic nitrogens is 5. The minimum Gasteiger partial charge on any atom is -0.368 e. The molecule has 0 saturated heterocycles. The molecule has 0 fully saturated rings. The lowest BCUT2D eigenvalue weighted by atomic mass is 10.1. The van der Waals surface area contributed by atoms with Gasteiger partial charge in [-0.3, -0.25) is 4.79 Å². The minimum absolute atomic E-state index is 0.00978. The van der Waals surface area contributed by atoms with Crippen molar-refractivity contribution in [2.75, 3.05) is 17.6 Å². The number of hydrogen-bond acceptors (Lipinski definition) is 7. The third-order valence-electron chi connectivity index (χ3n) is 5.09. The van der Waals surface area contributed by atoms with Gasteiger partial charge in [0.25, 0.3) is 5.91 Å². The summed E-state index contributed by atoms with van der Waals surface area (Å²) in [6, 6.07) is 15.3. The van der Waals surface area contributed by atoms with Crippen molar-refractivity contribution < 1.29 is 18.0 Å². The number of nitrogens with two attached hydrogens (primary N) is 1. The van der Waals surface area contributed by atoms with Gasteiger partial charge in [-0.15, -0.1) is 5.10 Å². The zero-order valence-electron chi connectivity index (χ0n) is 19.4. The van der Waals surface area contributed by atoms with Crippen molar-refractivity contribution in [3.8, 4) is 22.6 Å². The van der Waals surface area contributed by atoms with Gasteiger partial charge < -0.3 is 16.4 Å². The lowest BCUT2D eigenvalue weighted by Crippen LogP contribution is -2.33. The minimum atomic E-state index is -4.48. The molecule has 36 heavy (non-hydrogen) atoms. The Bertz CT molecular complexity index is 1350. The summed E-state index contributed by atoms with van der Waals surface area (Å²) in [4.78, 5) is 24.7. The molecule has 0 bridgehead atoms. The largest absolute Gasteiger partial charge is 0.405 e. The number of nitrogens with one attached hydrogen (secondary N) is 2. The van der Waals surface area contributed by atoms with Crippen LogP contribution in [0.4, 0.5) is 30.8 Å². The highest BCUT2D eigenvalue weighted by Crippen LogP contribution is 2.26. The molecular weight excluding hydrogens is 473 g/mol. The highest BCUT2D eigenvalue weighted by molar-refractivity contribution is 5.94. The van der Waals surface area contributed by atoms with E-state index < -0.39 is 18.6 Å². The van der Waals surface area contributed by atoms with Crippen molar-refractivity contribution in [1.29, 1.82) is 0 Å². The molecule has 0 radical (unpaired) electrons. The van der Waals surface area contributed by atoms with E-state index in [0.29, 0.717) is 23.0 Å². The zero-order valence-corrected chi connectivity index (χ0v) is 19.4. The predicted molar refractivity (Wildman–Crippen MR) is 129 cm³/mol. The fraction of sp³-hybridized carbons (Fsp3) is 0.208. The van der Waals surface area contributed by atoms with Crippen molar-refractivity contribution in [1.82, 2.24) is 30.0 Å². The number of carbonyl (C=O) groups is 1. The predicted octanol–water partition coefficient (Wildman–Crippen LogP) is 4.60. The molecule has 186 valence electrons. The molecule has 4 rings (SSSR count). The van der Waals surface area contributed by atoms with Gasteiger partial charge in [0.05, 0.1) is 11.7 Å². The van der Waals surface area contributed by atoms with E-state index in [1.54, 1.807) is 29.1 Å². The normalized spacial score (nSPS) is 11.5. The standard InChI is InChI=1S/C24H23F3N8O/c1-14(2)35-23(31-18-9-7-15(8-10-18)19-11-12-29-22(28)32-19)33-20(34-35)16-3-5-17(6-4-16)21(36)30-13-24(25,26)27/h3-12,14H,13H2,1-2H3,(H,30,36)(H2,28,29,32)(H,31,33,34). The van der Waals surface area contributed by atoms with Crippen molar-refractivity contribution in [3.05, 3.63) is 66.4 Å². The smallest absolute Gasteiger partial charge is 0.368 e. The average Bonchev–Trinajstić information content (AvgIpc) is 3.27.